The van der Waals surface area contributed by atoms with E-state index in [-0.39, 0.29) is 0 Å². The highest BCUT2D eigenvalue weighted by atomic mass is 16.6. The highest BCUT2D eigenvalue weighted by molar-refractivity contribution is 5.59. The van der Waals surface area contributed by atoms with Gasteiger partial charge in [-0.15, -0.1) is 0 Å². The van der Waals surface area contributed by atoms with E-state index < -0.39 is 0 Å². The summed E-state index contributed by atoms with van der Waals surface area (Å²) in [6.45, 7) is 4.48. The van der Waals surface area contributed by atoms with Gasteiger partial charge >= 0.3 is 0 Å². The van der Waals surface area contributed by atoms with Crippen LogP contribution < -0.4 is 14.2 Å². The summed E-state index contributed by atoms with van der Waals surface area (Å²) in [5, 5.41) is 0. The van der Waals surface area contributed by atoms with E-state index in [4.69, 9.17) is 14.2 Å². The van der Waals surface area contributed by atoms with Gasteiger partial charge in [-0.25, -0.2) is 0 Å². The molecule has 0 aliphatic rings. The molecule has 0 unspecified atom stereocenters. The number of benzene rings is 1. The van der Waals surface area contributed by atoms with Crippen molar-refractivity contribution in [2.45, 2.75) is 19.8 Å². The topological polar surface area (TPSA) is 44.8 Å². The Morgan fingerprint density at radius 1 is 1.12 bits per heavy atom. The zero-order valence-electron chi connectivity index (χ0n) is 9.94. The largest absolute Gasteiger partial charge is 0.493 e. The molecule has 4 nitrogen and oxygen atoms in total. The van der Waals surface area contributed by atoms with Crippen LogP contribution in [0.15, 0.2) is 12.1 Å². The second kappa shape index (κ2) is 5.39. The molecule has 16 heavy (non-hydrogen) atoms. The SMILES string of the molecule is COc1cc(C(C)C)cc(OC)c1OC=O. The van der Waals surface area contributed by atoms with Gasteiger partial charge in [-0.1, -0.05) is 13.8 Å². The van der Waals surface area contributed by atoms with Gasteiger partial charge in [-0.05, 0) is 23.6 Å². The lowest BCUT2D eigenvalue weighted by Crippen LogP contribution is -1.99. The molecule has 0 N–H and O–H groups in total. The predicted molar refractivity (Wildman–Crippen MR) is 60.3 cm³/mol. The third-order valence-electron chi connectivity index (χ3n) is 2.32. The van der Waals surface area contributed by atoms with Gasteiger partial charge in [0.25, 0.3) is 6.47 Å². The Morgan fingerprint density at radius 3 is 1.94 bits per heavy atom. The van der Waals surface area contributed by atoms with Gasteiger partial charge < -0.3 is 14.2 Å². The van der Waals surface area contributed by atoms with Crippen LogP contribution >= 0.6 is 0 Å². The minimum absolute atomic E-state index is 0.310. The molecule has 0 spiro atoms. The quantitative estimate of drug-likeness (QED) is 0.720. The van der Waals surface area contributed by atoms with E-state index in [2.05, 4.69) is 13.8 Å². The van der Waals surface area contributed by atoms with Crippen molar-refractivity contribution in [2.75, 3.05) is 14.2 Å². The third-order valence-corrected chi connectivity index (χ3v) is 2.32. The van der Waals surface area contributed by atoms with Crippen LogP contribution in [0.2, 0.25) is 0 Å². The van der Waals surface area contributed by atoms with Gasteiger partial charge in [0.2, 0.25) is 5.75 Å². The number of hydrogen-bond donors (Lipinski definition) is 0. The Labute approximate surface area is 95.1 Å². The molecule has 88 valence electrons. The standard InChI is InChI=1S/C12H16O4/c1-8(2)9-5-10(14-3)12(16-7-13)11(6-9)15-4/h5-8H,1-4H3. The van der Waals surface area contributed by atoms with Crippen molar-refractivity contribution in [1.82, 2.24) is 0 Å². The second-order valence-corrected chi connectivity index (χ2v) is 3.62. The normalized spacial score (nSPS) is 10.1. The molecule has 1 aromatic carbocycles. The summed E-state index contributed by atoms with van der Waals surface area (Å²) in [5.74, 6) is 1.64. The van der Waals surface area contributed by atoms with Crippen LogP contribution in [-0.2, 0) is 4.79 Å². The summed E-state index contributed by atoms with van der Waals surface area (Å²) >= 11 is 0. The number of ether oxygens (including phenoxy) is 3. The minimum atomic E-state index is 0.310. The summed E-state index contributed by atoms with van der Waals surface area (Å²) in [6.07, 6.45) is 0. The maximum Gasteiger partial charge on any atom is 0.298 e. The van der Waals surface area contributed by atoms with E-state index in [0.717, 1.165) is 5.56 Å². The molecule has 0 aliphatic heterocycles. The van der Waals surface area contributed by atoms with E-state index in [0.29, 0.717) is 29.6 Å². The fourth-order valence-corrected chi connectivity index (χ4v) is 1.40. The average Bonchev–Trinajstić information content (AvgIpc) is 2.29. The van der Waals surface area contributed by atoms with Crippen LogP contribution in [0, 0.1) is 0 Å². The maximum atomic E-state index is 10.4. The molecule has 0 radical (unpaired) electrons. The van der Waals surface area contributed by atoms with Crippen molar-refractivity contribution in [2.24, 2.45) is 0 Å². The minimum Gasteiger partial charge on any atom is -0.493 e. The number of hydrogen-bond acceptors (Lipinski definition) is 4. The first kappa shape index (κ1) is 12.4. The summed E-state index contributed by atoms with van der Waals surface area (Å²) < 4.78 is 15.2. The number of methoxy groups -OCH3 is 2. The summed E-state index contributed by atoms with van der Waals surface area (Å²) in [4.78, 5) is 10.4. The first-order valence-electron chi connectivity index (χ1n) is 5.00. The molecule has 0 aliphatic carbocycles. The monoisotopic (exact) mass is 224 g/mol. The first-order chi connectivity index (χ1) is 7.63. The lowest BCUT2D eigenvalue weighted by molar-refractivity contribution is -0.120. The predicted octanol–water partition coefficient (Wildman–Crippen LogP) is 2.36. The van der Waals surface area contributed by atoms with Crippen molar-refractivity contribution in [3.05, 3.63) is 17.7 Å². The lowest BCUT2D eigenvalue weighted by atomic mass is 10.0. The molecular formula is C12H16O4. The lowest BCUT2D eigenvalue weighted by Gasteiger charge is -2.14. The van der Waals surface area contributed by atoms with Crippen LogP contribution in [0.3, 0.4) is 0 Å². The number of rotatable bonds is 5. The zero-order chi connectivity index (χ0) is 12.1. The van der Waals surface area contributed by atoms with Crippen molar-refractivity contribution >= 4 is 6.47 Å². The van der Waals surface area contributed by atoms with Crippen LogP contribution in [0.1, 0.15) is 25.3 Å². The molecule has 0 aromatic heterocycles. The Hall–Kier alpha value is -1.71. The Balaban J connectivity index is 3.30. The molecule has 1 rings (SSSR count). The Morgan fingerprint density at radius 2 is 1.62 bits per heavy atom. The van der Waals surface area contributed by atoms with Gasteiger partial charge in [0.05, 0.1) is 14.2 Å². The highest BCUT2D eigenvalue weighted by Crippen LogP contribution is 2.39. The van der Waals surface area contributed by atoms with E-state index in [9.17, 15) is 4.79 Å². The van der Waals surface area contributed by atoms with Crippen molar-refractivity contribution < 1.29 is 19.0 Å². The first-order valence-corrected chi connectivity index (χ1v) is 5.00. The molecule has 1 aromatic rings. The van der Waals surface area contributed by atoms with Gasteiger partial charge in [0.15, 0.2) is 11.5 Å². The van der Waals surface area contributed by atoms with Crippen molar-refractivity contribution in [1.29, 1.82) is 0 Å². The smallest absolute Gasteiger partial charge is 0.298 e. The number of carbonyl (C=O) groups excluding carboxylic acids is 1. The zero-order valence-corrected chi connectivity index (χ0v) is 9.94. The fraction of sp³-hybridized carbons (Fsp3) is 0.417. The summed E-state index contributed by atoms with van der Waals surface area (Å²) in [5.41, 5.74) is 1.06. The van der Waals surface area contributed by atoms with Crippen LogP contribution in [0.5, 0.6) is 17.2 Å². The van der Waals surface area contributed by atoms with Crippen LogP contribution in [0.4, 0.5) is 0 Å². The molecule has 0 saturated carbocycles. The van der Waals surface area contributed by atoms with Crippen LogP contribution in [-0.4, -0.2) is 20.7 Å². The van der Waals surface area contributed by atoms with Gasteiger partial charge in [-0.3, -0.25) is 4.79 Å². The second-order valence-electron chi connectivity index (χ2n) is 3.62. The molecule has 0 saturated heterocycles. The fourth-order valence-electron chi connectivity index (χ4n) is 1.40. The molecule has 0 atom stereocenters. The van der Waals surface area contributed by atoms with E-state index >= 15 is 0 Å². The van der Waals surface area contributed by atoms with Crippen molar-refractivity contribution in [3.8, 4) is 17.2 Å². The molecule has 0 fully saturated rings. The van der Waals surface area contributed by atoms with Gasteiger partial charge in [-0.2, -0.15) is 0 Å². The molecule has 0 bridgehead atoms. The van der Waals surface area contributed by atoms with E-state index in [1.807, 2.05) is 12.1 Å². The summed E-state index contributed by atoms with van der Waals surface area (Å²) in [6, 6.07) is 3.68. The van der Waals surface area contributed by atoms with Gasteiger partial charge in [0, 0.05) is 0 Å². The molecule has 0 heterocycles. The highest BCUT2D eigenvalue weighted by Gasteiger charge is 2.15. The molecule has 4 heteroatoms. The van der Waals surface area contributed by atoms with E-state index in [1.165, 1.54) is 14.2 Å². The van der Waals surface area contributed by atoms with E-state index in [1.54, 1.807) is 0 Å². The average molecular weight is 224 g/mol. The molecule has 0 amide bonds. The molecular weight excluding hydrogens is 208 g/mol. The van der Waals surface area contributed by atoms with Crippen LogP contribution in [0.25, 0.3) is 0 Å². The summed E-state index contributed by atoms with van der Waals surface area (Å²) in [7, 11) is 3.05. The van der Waals surface area contributed by atoms with Crippen molar-refractivity contribution in [3.63, 3.8) is 0 Å². The number of carbonyl (C=O) groups is 1. The maximum absolute atomic E-state index is 10.4. The Bertz CT molecular complexity index is 346. The van der Waals surface area contributed by atoms with Gasteiger partial charge in [0.1, 0.15) is 0 Å². The Kier molecular flexibility index (Phi) is 4.17. The third kappa shape index (κ3) is 2.45.